The highest BCUT2D eigenvalue weighted by molar-refractivity contribution is 6.33. The Morgan fingerprint density at radius 3 is 2.61 bits per heavy atom. The summed E-state index contributed by atoms with van der Waals surface area (Å²) in [5.74, 6) is -0.671. The molecule has 2 aromatic carbocycles. The Kier molecular flexibility index (Phi) is 7.58. The molecule has 3 aromatic heterocycles. The third-order valence-corrected chi connectivity index (χ3v) is 7.78. The number of rotatable bonds is 5. The summed E-state index contributed by atoms with van der Waals surface area (Å²) >= 11 is 6.50. The molecule has 0 saturated carbocycles. The fourth-order valence-corrected chi connectivity index (χ4v) is 5.74. The first-order valence-corrected chi connectivity index (χ1v) is 13.7. The molecular formula is C29H22ClF5N6O3. The quantitative estimate of drug-likeness (QED) is 0.235. The van der Waals surface area contributed by atoms with E-state index >= 15 is 8.78 Å². The zero-order valence-electron chi connectivity index (χ0n) is 22.8. The molecule has 0 spiro atoms. The number of benzene rings is 2. The molecule has 0 radical (unpaired) electrons. The Balaban J connectivity index is 1.38. The van der Waals surface area contributed by atoms with Gasteiger partial charge in [-0.15, -0.1) is 0 Å². The van der Waals surface area contributed by atoms with Crippen LogP contribution in [0, 0.1) is 12.7 Å². The topological polar surface area (TPSA) is 106 Å². The normalized spacial score (nSPS) is 17.4. The summed E-state index contributed by atoms with van der Waals surface area (Å²) in [5.41, 5.74) is 0.444. The lowest BCUT2D eigenvalue weighted by Crippen LogP contribution is -2.46. The Labute approximate surface area is 250 Å². The average molecular weight is 633 g/mol. The molecule has 15 heteroatoms. The molecule has 9 nitrogen and oxygen atoms in total. The molecule has 2 atom stereocenters. The summed E-state index contributed by atoms with van der Waals surface area (Å²) in [6.07, 6.45) is -3.49. The van der Waals surface area contributed by atoms with Gasteiger partial charge in [0.05, 0.1) is 34.8 Å². The van der Waals surface area contributed by atoms with Crippen LogP contribution in [0.15, 0.2) is 48.8 Å². The summed E-state index contributed by atoms with van der Waals surface area (Å²) in [7, 11) is 0. The zero-order valence-corrected chi connectivity index (χ0v) is 23.6. The largest absolute Gasteiger partial charge is 0.433 e. The average Bonchev–Trinajstić information content (AvgIpc) is 3.32. The number of hydrogen-bond donors (Lipinski definition) is 1. The smallest absolute Gasteiger partial charge is 0.424 e. The number of alkyl halides is 4. The van der Waals surface area contributed by atoms with Gasteiger partial charge in [0.25, 0.3) is 0 Å². The minimum atomic E-state index is -4.69. The zero-order chi connectivity index (χ0) is 31.3. The summed E-state index contributed by atoms with van der Waals surface area (Å²) in [4.78, 5) is 29.2. The molecule has 0 bridgehead atoms. The minimum absolute atomic E-state index is 0.0250. The van der Waals surface area contributed by atoms with Gasteiger partial charge < -0.3 is 19.3 Å². The number of hydrogen-bond acceptors (Lipinski definition) is 7. The van der Waals surface area contributed by atoms with E-state index in [1.165, 1.54) is 41.4 Å². The molecule has 1 aliphatic rings. The number of aliphatic hydroxyl groups is 1. The van der Waals surface area contributed by atoms with Gasteiger partial charge in [0.1, 0.15) is 35.7 Å². The first-order chi connectivity index (χ1) is 20.9. The molecule has 0 unspecified atom stereocenters. The second-order valence-corrected chi connectivity index (χ2v) is 10.6. The van der Waals surface area contributed by atoms with Gasteiger partial charge in [0.15, 0.2) is 5.69 Å². The predicted molar refractivity (Wildman–Crippen MR) is 149 cm³/mol. The number of imidazole rings is 1. The van der Waals surface area contributed by atoms with Gasteiger partial charge in [-0.1, -0.05) is 11.6 Å². The lowest BCUT2D eigenvalue weighted by molar-refractivity contribution is -0.141. The molecule has 1 aliphatic heterocycles. The van der Waals surface area contributed by atoms with Crippen molar-refractivity contribution in [2.24, 2.45) is 0 Å². The molecule has 228 valence electrons. The van der Waals surface area contributed by atoms with Gasteiger partial charge in [0, 0.05) is 41.4 Å². The molecule has 1 N–H and O–H groups in total. The molecule has 44 heavy (non-hydrogen) atoms. The number of fused-ring (bicyclic) bond motifs is 3. The SMILES string of the molecule is Cc1nc2cnc3cc(F)c(-c4ccc(Oc5nccc(C(F)(F)F)n5)cc4Cl)cc3c2n1[C@H]1CCN(C(=O)CO)C[C@@H]1F. The molecular weight excluding hydrogens is 611 g/mol. The number of pyridine rings is 1. The van der Waals surface area contributed by atoms with E-state index in [0.29, 0.717) is 33.8 Å². The monoisotopic (exact) mass is 632 g/mol. The standard InChI is InChI=1S/C29H22ClF5N6O3/c1-14-38-23-11-37-22-10-20(31)17(9-18(22)27(23)41(14)24-5-7-40(12-21(24)32)26(43)13-42)16-3-2-15(8-19(16)30)44-28-36-6-4-25(39-28)29(33,34)35/h2-4,6,8-11,21,24,42H,5,7,12-13H2,1H3/t21-,24-/m0/s1. The highest BCUT2D eigenvalue weighted by Gasteiger charge is 2.35. The fraction of sp³-hybridized carbons (Fsp3) is 0.276. The van der Waals surface area contributed by atoms with E-state index in [4.69, 9.17) is 16.3 Å². The van der Waals surface area contributed by atoms with Crippen molar-refractivity contribution in [3.8, 4) is 22.9 Å². The van der Waals surface area contributed by atoms with Crippen LogP contribution in [0.4, 0.5) is 22.0 Å². The van der Waals surface area contributed by atoms with Gasteiger partial charge in [-0.2, -0.15) is 18.2 Å². The summed E-state index contributed by atoms with van der Waals surface area (Å²) in [6.45, 7) is 1.06. The summed E-state index contributed by atoms with van der Waals surface area (Å²) in [6, 6.07) is 6.37. The van der Waals surface area contributed by atoms with Crippen LogP contribution in [0.3, 0.4) is 0 Å². The second-order valence-electron chi connectivity index (χ2n) is 10.2. The van der Waals surface area contributed by atoms with Crippen LogP contribution in [0.25, 0.3) is 33.1 Å². The van der Waals surface area contributed by atoms with Crippen LogP contribution in [0.5, 0.6) is 11.8 Å². The van der Waals surface area contributed by atoms with Crippen molar-refractivity contribution in [1.82, 2.24) is 29.4 Å². The number of nitrogens with zero attached hydrogens (tertiary/aromatic N) is 6. The molecule has 5 aromatic rings. The Morgan fingerprint density at radius 2 is 1.91 bits per heavy atom. The lowest BCUT2D eigenvalue weighted by atomic mass is 10.00. The van der Waals surface area contributed by atoms with Crippen molar-refractivity contribution in [3.63, 3.8) is 0 Å². The van der Waals surface area contributed by atoms with E-state index in [9.17, 15) is 23.1 Å². The van der Waals surface area contributed by atoms with Crippen LogP contribution in [0.2, 0.25) is 5.02 Å². The first kappa shape index (κ1) is 29.6. The highest BCUT2D eigenvalue weighted by Crippen LogP contribution is 2.39. The second kappa shape index (κ2) is 11.2. The van der Waals surface area contributed by atoms with E-state index in [0.717, 1.165) is 6.20 Å². The van der Waals surface area contributed by atoms with Crippen LogP contribution in [-0.4, -0.2) is 66.3 Å². The van der Waals surface area contributed by atoms with Crippen LogP contribution in [-0.2, 0) is 11.0 Å². The molecule has 1 fully saturated rings. The molecule has 0 aliphatic carbocycles. The number of likely N-dealkylation sites (tertiary alicyclic amines) is 1. The minimum Gasteiger partial charge on any atom is -0.424 e. The van der Waals surface area contributed by atoms with E-state index in [1.54, 1.807) is 11.5 Å². The highest BCUT2D eigenvalue weighted by atomic mass is 35.5. The van der Waals surface area contributed by atoms with E-state index in [2.05, 4.69) is 19.9 Å². The van der Waals surface area contributed by atoms with Gasteiger partial charge in [-0.25, -0.2) is 18.7 Å². The molecule has 1 saturated heterocycles. The van der Waals surface area contributed by atoms with Crippen LogP contribution in [0.1, 0.15) is 24.0 Å². The summed E-state index contributed by atoms with van der Waals surface area (Å²) < 4.78 is 77.1. The lowest BCUT2D eigenvalue weighted by Gasteiger charge is -2.35. The summed E-state index contributed by atoms with van der Waals surface area (Å²) in [5, 5.41) is 9.69. The predicted octanol–water partition coefficient (Wildman–Crippen LogP) is 6.06. The van der Waals surface area contributed by atoms with Gasteiger partial charge in [-0.3, -0.25) is 9.78 Å². The van der Waals surface area contributed by atoms with E-state index in [-0.39, 0.29) is 41.4 Å². The maximum absolute atomic E-state index is 15.5. The Hall–Kier alpha value is -4.43. The Bertz CT molecular complexity index is 1920. The number of carbonyl (C=O) groups excluding carboxylic acids is 1. The number of carbonyl (C=O) groups is 1. The number of halogens is 6. The van der Waals surface area contributed by atoms with Crippen molar-refractivity contribution in [3.05, 3.63) is 71.2 Å². The Morgan fingerprint density at radius 1 is 1.11 bits per heavy atom. The maximum Gasteiger partial charge on any atom is 0.433 e. The number of aromatic nitrogens is 5. The number of piperidine rings is 1. The molecule has 6 rings (SSSR count). The maximum atomic E-state index is 15.5. The number of aliphatic hydroxyl groups excluding tert-OH is 1. The first-order valence-electron chi connectivity index (χ1n) is 13.3. The van der Waals surface area contributed by atoms with Gasteiger partial charge in [-0.05, 0) is 37.6 Å². The van der Waals surface area contributed by atoms with E-state index < -0.39 is 48.4 Å². The van der Waals surface area contributed by atoms with Crippen LogP contribution >= 0.6 is 11.6 Å². The number of amides is 1. The fourth-order valence-electron chi connectivity index (χ4n) is 5.47. The van der Waals surface area contributed by atoms with Crippen LogP contribution < -0.4 is 4.74 Å². The molecule has 4 heterocycles. The van der Waals surface area contributed by atoms with Gasteiger partial charge >= 0.3 is 12.2 Å². The van der Waals surface area contributed by atoms with Crippen molar-refractivity contribution in [1.29, 1.82) is 0 Å². The number of ether oxygens (including phenoxy) is 1. The van der Waals surface area contributed by atoms with Crippen molar-refractivity contribution in [2.75, 3.05) is 19.7 Å². The molecule has 1 amide bonds. The van der Waals surface area contributed by atoms with Gasteiger partial charge in [0.2, 0.25) is 5.91 Å². The van der Waals surface area contributed by atoms with Crippen molar-refractivity contribution < 1.29 is 36.6 Å². The van der Waals surface area contributed by atoms with E-state index in [1.807, 2.05) is 0 Å². The van der Waals surface area contributed by atoms with Crippen molar-refractivity contribution in [2.45, 2.75) is 31.7 Å². The third-order valence-electron chi connectivity index (χ3n) is 7.47. The third kappa shape index (κ3) is 5.39. The van der Waals surface area contributed by atoms with Crippen molar-refractivity contribution >= 4 is 39.4 Å². The number of aryl methyl sites for hydroxylation is 1.